The molecule has 0 saturated heterocycles. The number of carbonyl (C=O) groups excluding carboxylic acids is 1. The van der Waals surface area contributed by atoms with Crippen LogP contribution in [0.2, 0.25) is 0 Å². The van der Waals surface area contributed by atoms with Crippen molar-refractivity contribution in [2.45, 2.75) is 46.6 Å². The summed E-state index contributed by atoms with van der Waals surface area (Å²) in [5, 5.41) is 2.99. The summed E-state index contributed by atoms with van der Waals surface area (Å²) < 4.78 is 0. The van der Waals surface area contributed by atoms with Crippen LogP contribution < -0.4 is 10.9 Å². The Balaban J connectivity index is 2.14. The maximum Gasteiger partial charge on any atom is 0.261 e. The molecule has 1 heterocycles. The summed E-state index contributed by atoms with van der Waals surface area (Å²) in [6.45, 7) is 7.68. The first-order valence-corrected chi connectivity index (χ1v) is 7.97. The van der Waals surface area contributed by atoms with E-state index in [0.717, 1.165) is 18.5 Å². The lowest BCUT2D eigenvalue weighted by molar-refractivity contribution is 0.0933. The van der Waals surface area contributed by atoms with E-state index >= 15 is 0 Å². The van der Waals surface area contributed by atoms with E-state index in [0.29, 0.717) is 5.56 Å². The van der Waals surface area contributed by atoms with E-state index in [-0.39, 0.29) is 23.1 Å². The van der Waals surface area contributed by atoms with Crippen molar-refractivity contribution in [2.24, 2.45) is 0 Å². The second kappa shape index (κ2) is 7.27. The third-order valence-corrected chi connectivity index (χ3v) is 4.02. The van der Waals surface area contributed by atoms with Crippen molar-refractivity contribution in [2.75, 3.05) is 0 Å². The van der Waals surface area contributed by atoms with Gasteiger partial charge in [-0.3, -0.25) is 9.59 Å². The number of aryl methyl sites for hydroxylation is 3. The van der Waals surface area contributed by atoms with Gasteiger partial charge in [0, 0.05) is 11.7 Å². The van der Waals surface area contributed by atoms with Crippen LogP contribution in [-0.2, 0) is 6.42 Å². The minimum atomic E-state index is -0.329. The maximum atomic E-state index is 12.5. The van der Waals surface area contributed by atoms with E-state index in [1.165, 1.54) is 11.1 Å². The number of benzene rings is 1. The molecule has 0 unspecified atom stereocenters. The molecule has 1 aromatic carbocycles. The van der Waals surface area contributed by atoms with E-state index in [1.807, 2.05) is 19.9 Å². The Morgan fingerprint density at radius 3 is 2.39 bits per heavy atom. The van der Waals surface area contributed by atoms with Crippen LogP contribution in [0.1, 0.15) is 46.1 Å². The van der Waals surface area contributed by atoms with Gasteiger partial charge in [-0.25, -0.2) is 0 Å². The van der Waals surface area contributed by atoms with E-state index in [9.17, 15) is 9.59 Å². The molecule has 0 fully saturated rings. The number of aromatic nitrogens is 1. The van der Waals surface area contributed by atoms with Gasteiger partial charge < -0.3 is 10.3 Å². The highest BCUT2D eigenvalue weighted by atomic mass is 16.2. The molecule has 4 heteroatoms. The first-order chi connectivity index (χ1) is 10.9. The van der Waals surface area contributed by atoms with Crippen LogP contribution in [0, 0.1) is 20.8 Å². The van der Waals surface area contributed by atoms with Gasteiger partial charge in [0.1, 0.15) is 5.56 Å². The highest BCUT2D eigenvalue weighted by molar-refractivity contribution is 5.95. The lowest BCUT2D eigenvalue weighted by Crippen LogP contribution is -2.39. The molecular formula is C19H24N2O2. The van der Waals surface area contributed by atoms with Gasteiger partial charge in [0.05, 0.1) is 0 Å². The zero-order valence-corrected chi connectivity index (χ0v) is 14.2. The zero-order chi connectivity index (χ0) is 17.0. The fraction of sp³-hybridized carbons (Fsp3) is 0.368. The van der Waals surface area contributed by atoms with E-state index in [4.69, 9.17) is 0 Å². The number of rotatable bonds is 5. The number of amides is 1. The van der Waals surface area contributed by atoms with Crippen LogP contribution >= 0.6 is 0 Å². The molecule has 0 bridgehead atoms. The summed E-state index contributed by atoms with van der Waals surface area (Å²) in [7, 11) is 0. The van der Waals surface area contributed by atoms with Crippen molar-refractivity contribution in [1.82, 2.24) is 10.3 Å². The molecule has 23 heavy (non-hydrogen) atoms. The molecule has 2 rings (SSSR count). The summed E-state index contributed by atoms with van der Waals surface area (Å²) in [6.07, 6.45) is 1.56. The first-order valence-electron chi connectivity index (χ1n) is 7.97. The average molecular weight is 312 g/mol. The van der Waals surface area contributed by atoms with Crippen molar-refractivity contribution in [1.29, 1.82) is 0 Å². The van der Waals surface area contributed by atoms with Crippen molar-refractivity contribution < 1.29 is 4.79 Å². The second-order valence-electron chi connectivity index (χ2n) is 6.11. The Morgan fingerprint density at radius 1 is 1.17 bits per heavy atom. The molecule has 1 atom stereocenters. The topological polar surface area (TPSA) is 62.0 Å². The van der Waals surface area contributed by atoms with Crippen LogP contribution in [0.15, 0.2) is 35.1 Å². The van der Waals surface area contributed by atoms with Crippen LogP contribution in [0.4, 0.5) is 0 Å². The lowest BCUT2D eigenvalue weighted by Gasteiger charge is -2.18. The molecule has 2 aromatic rings. The fourth-order valence-electron chi connectivity index (χ4n) is 2.70. The number of carbonyl (C=O) groups is 1. The number of pyridine rings is 1. The number of aromatic amines is 1. The van der Waals surface area contributed by atoms with Gasteiger partial charge in [-0.05, 0) is 50.8 Å². The Bertz CT molecular complexity index is 745. The summed E-state index contributed by atoms with van der Waals surface area (Å²) in [5.74, 6) is -0.303. The molecule has 0 aliphatic carbocycles. The summed E-state index contributed by atoms with van der Waals surface area (Å²) in [5.41, 5.74) is 3.73. The van der Waals surface area contributed by atoms with Crippen molar-refractivity contribution >= 4 is 5.91 Å². The molecule has 0 spiro atoms. The van der Waals surface area contributed by atoms with Gasteiger partial charge in [0.15, 0.2) is 0 Å². The normalized spacial score (nSPS) is 12.0. The Labute approximate surface area is 137 Å². The first kappa shape index (κ1) is 17.0. The highest BCUT2D eigenvalue weighted by Gasteiger charge is 2.18. The minimum Gasteiger partial charge on any atom is -0.349 e. The standard InChI is InChI=1S/C19H24N2O2/c1-5-16(11-15-8-6-12(2)7-9-15)21-19(23)17-13(3)10-14(4)20-18(17)22/h6-10,16H,5,11H2,1-4H3,(H,20,22)(H,21,23)/t16-/m1/s1. The van der Waals surface area contributed by atoms with Gasteiger partial charge in [-0.1, -0.05) is 36.8 Å². The third-order valence-electron chi connectivity index (χ3n) is 4.02. The Kier molecular flexibility index (Phi) is 5.37. The zero-order valence-electron chi connectivity index (χ0n) is 14.2. The molecule has 0 aliphatic rings. The largest absolute Gasteiger partial charge is 0.349 e. The molecule has 0 radical (unpaired) electrons. The molecule has 4 nitrogen and oxygen atoms in total. The Hall–Kier alpha value is -2.36. The van der Waals surface area contributed by atoms with Crippen molar-refractivity contribution in [3.63, 3.8) is 0 Å². The molecular weight excluding hydrogens is 288 g/mol. The third kappa shape index (κ3) is 4.31. The maximum absolute atomic E-state index is 12.5. The molecule has 0 saturated carbocycles. The number of H-pyrrole nitrogens is 1. The van der Waals surface area contributed by atoms with Crippen LogP contribution in [-0.4, -0.2) is 16.9 Å². The molecule has 1 aromatic heterocycles. The van der Waals surface area contributed by atoms with Crippen molar-refractivity contribution in [3.05, 3.63) is 68.6 Å². The molecule has 2 N–H and O–H groups in total. The average Bonchev–Trinajstić information content (AvgIpc) is 2.47. The van der Waals surface area contributed by atoms with E-state index in [2.05, 4.69) is 41.5 Å². The van der Waals surface area contributed by atoms with Crippen LogP contribution in [0.3, 0.4) is 0 Å². The predicted molar refractivity (Wildman–Crippen MR) is 93.0 cm³/mol. The molecule has 122 valence electrons. The van der Waals surface area contributed by atoms with E-state index in [1.54, 1.807) is 6.92 Å². The number of hydrogen-bond acceptors (Lipinski definition) is 2. The molecule has 0 aliphatic heterocycles. The highest BCUT2D eigenvalue weighted by Crippen LogP contribution is 2.10. The van der Waals surface area contributed by atoms with Crippen LogP contribution in [0.25, 0.3) is 0 Å². The number of nitrogens with one attached hydrogen (secondary N) is 2. The fourth-order valence-corrected chi connectivity index (χ4v) is 2.70. The van der Waals surface area contributed by atoms with Gasteiger partial charge in [-0.15, -0.1) is 0 Å². The lowest BCUT2D eigenvalue weighted by atomic mass is 10.0. The van der Waals surface area contributed by atoms with Crippen LogP contribution in [0.5, 0.6) is 0 Å². The monoisotopic (exact) mass is 312 g/mol. The van der Waals surface area contributed by atoms with E-state index < -0.39 is 0 Å². The SMILES string of the molecule is CC[C@H](Cc1ccc(C)cc1)NC(=O)c1c(C)cc(C)[nH]c1=O. The van der Waals surface area contributed by atoms with Gasteiger partial charge in [-0.2, -0.15) is 0 Å². The van der Waals surface area contributed by atoms with Gasteiger partial charge in [0.2, 0.25) is 0 Å². The quantitative estimate of drug-likeness (QED) is 0.891. The number of hydrogen-bond donors (Lipinski definition) is 2. The Morgan fingerprint density at radius 2 is 1.83 bits per heavy atom. The summed E-state index contributed by atoms with van der Waals surface area (Å²) in [6, 6.07) is 10.1. The predicted octanol–water partition coefficient (Wildman–Crippen LogP) is 3.05. The summed E-state index contributed by atoms with van der Waals surface area (Å²) in [4.78, 5) is 27.2. The van der Waals surface area contributed by atoms with Crippen molar-refractivity contribution in [3.8, 4) is 0 Å². The minimum absolute atomic E-state index is 0.00492. The molecule has 1 amide bonds. The van der Waals surface area contributed by atoms with Gasteiger partial charge >= 0.3 is 0 Å². The summed E-state index contributed by atoms with van der Waals surface area (Å²) >= 11 is 0. The van der Waals surface area contributed by atoms with Gasteiger partial charge in [0.25, 0.3) is 11.5 Å². The smallest absolute Gasteiger partial charge is 0.261 e. The second-order valence-corrected chi connectivity index (χ2v) is 6.11.